The van der Waals surface area contributed by atoms with Crippen LogP contribution in [0, 0.1) is 5.92 Å². The van der Waals surface area contributed by atoms with Crippen LogP contribution in [0.4, 0.5) is 0 Å². The standard InChI is InChI=1S/C19H27N3O3/c1-14(2)16-8-11-22(20-16)19(18(24)25)9-12-21(13-10-19)17(23)15-6-4-3-5-7-15/h3-4,8,11,14-15H,5-7,9-10,12-13H2,1-2H3,(H,24,25). The molecule has 0 bridgehead atoms. The van der Waals surface area contributed by atoms with Crippen molar-refractivity contribution in [2.24, 2.45) is 5.92 Å². The molecule has 6 heteroatoms. The second-order valence-corrected chi connectivity index (χ2v) is 7.48. The van der Waals surface area contributed by atoms with Crippen LogP contribution >= 0.6 is 0 Å². The lowest BCUT2D eigenvalue weighted by Gasteiger charge is -2.40. The van der Waals surface area contributed by atoms with E-state index in [2.05, 4.69) is 17.3 Å². The molecule has 136 valence electrons. The van der Waals surface area contributed by atoms with E-state index in [0.717, 1.165) is 25.0 Å². The van der Waals surface area contributed by atoms with Gasteiger partial charge in [-0.2, -0.15) is 5.10 Å². The predicted molar refractivity (Wildman–Crippen MR) is 94.2 cm³/mol. The number of likely N-dealkylation sites (tertiary alicyclic amines) is 1. The second-order valence-electron chi connectivity index (χ2n) is 7.48. The zero-order chi connectivity index (χ0) is 18.0. The minimum Gasteiger partial charge on any atom is -0.479 e. The summed E-state index contributed by atoms with van der Waals surface area (Å²) in [6.07, 6.45) is 9.42. The van der Waals surface area contributed by atoms with E-state index in [1.54, 1.807) is 10.9 Å². The summed E-state index contributed by atoms with van der Waals surface area (Å²) in [5, 5.41) is 14.4. The maximum Gasteiger partial charge on any atom is 0.331 e. The van der Waals surface area contributed by atoms with Gasteiger partial charge in [-0.25, -0.2) is 4.79 Å². The fraction of sp³-hybridized carbons (Fsp3) is 0.632. The normalized spacial score (nSPS) is 23.0. The van der Waals surface area contributed by atoms with Gasteiger partial charge in [0.1, 0.15) is 0 Å². The van der Waals surface area contributed by atoms with Gasteiger partial charge < -0.3 is 10.0 Å². The number of hydrogen-bond acceptors (Lipinski definition) is 3. The second kappa shape index (κ2) is 7.02. The smallest absolute Gasteiger partial charge is 0.331 e. The Hall–Kier alpha value is -2.11. The summed E-state index contributed by atoms with van der Waals surface area (Å²) < 4.78 is 1.61. The molecule has 25 heavy (non-hydrogen) atoms. The van der Waals surface area contributed by atoms with Gasteiger partial charge in [-0.05, 0) is 31.2 Å². The number of aromatic nitrogens is 2. The van der Waals surface area contributed by atoms with Crippen molar-refractivity contribution in [3.8, 4) is 0 Å². The number of allylic oxidation sites excluding steroid dienone is 2. The van der Waals surface area contributed by atoms with E-state index in [4.69, 9.17) is 0 Å². The third-order valence-electron chi connectivity index (χ3n) is 5.56. The Bertz CT molecular complexity index is 669. The van der Waals surface area contributed by atoms with E-state index in [9.17, 15) is 14.7 Å². The number of rotatable bonds is 4. The first kappa shape index (κ1) is 17.7. The Morgan fingerprint density at radius 3 is 2.52 bits per heavy atom. The molecule has 0 saturated carbocycles. The topological polar surface area (TPSA) is 75.4 Å². The lowest BCUT2D eigenvalue weighted by Crippen LogP contribution is -2.53. The van der Waals surface area contributed by atoms with Crippen molar-refractivity contribution in [1.82, 2.24) is 14.7 Å². The summed E-state index contributed by atoms with van der Waals surface area (Å²) in [5.74, 6) is -0.377. The number of nitrogens with zero attached hydrogens (tertiary/aromatic N) is 3. The van der Waals surface area contributed by atoms with Crippen molar-refractivity contribution in [1.29, 1.82) is 0 Å². The minimum absolute atomic E-state index is 0.0552. The van der Waals surface area contributed by atoms with Gasteiger partial charge >= 0.3 is 5.97 Å². The van der Waals surface area contributed by atoms with Crippen molar-refractivity contribution in [3.05, 3.63) is 30.1 Å². The third kappa shape index (κ3) is 3.34. The van der Waals surface area contributed by atoms with Crippen LogP contribution in [-0.2, 0) is 15.1 Å². The van der Waals surface area contributed by atoms with Crippen molar-refractivity contribution in [2.75, 3.05) is 13.1 Å². The highest BCUT2D eigenvalue weighted by Crippen LogP contribution is 2.32. The number of carbonyl (C=O) groups is 2. The van der Waals surface area contributed by atoms with Crippen LogP contribution in [-0.4, -0.2) is 44.8 Å². The van der Waals surface area contributed by atoms with Crippen molar-refractivity contribution in [3.63, 3.8) is 0 Å². The lowest BCUT2D eigenvalue weighted by molar-refractivity contribution is -0.154. The van der Waals surface area contributed by atoms with Crippen LogP contribution in [0.25, 0.3) is 0 Å². The monoisotopic (exact) mass is 345 g/mol. The number of aliphatic carboxylic acids is 1. The number of carboxylic acids is 1. The fourth-order valence-corrected chi connectivity index (χ4v) is 3.80. The van der Waals surface area contributed by atoms with Gasteiger partial charge in [-0.1, -0.05) is 26.0 Å². The molecule has 1 aliphatic heterocycles. The van der Waals surface area contributed by atoms with Gasteiger partial charge in [0.25, 0.3) is 0 Å². The molecule has 2 heterocycles. The molecule has 1 aromatic heterocycles. The van der Waals surface area contributed by atoms with Crippen LogP contribution in [0.5, 0.6) is 0 Å². The molecule has 1 atom stereocenters. The average molecular weight is 345 g/mol. The molecule has 1 aromatic rings. The Labute approximate surface area is 148 Å². The number of hydrogen-bond donors (Lipinski definition) is 1. The van der Waals surface area contributed by atoms with Crippen LogP contribution < -0.4 is 0 Å². The number of amides is 1. The van der Waals surface area contributed by atoms with E-state index in [0.29, 0.717) is 25.9 Å². The van der Waals surface area contributed by atoms with Crippen molar-refractivity contribution in [2.45, 2.75) is 57.4 Å². The molecule has 1 amide bonds. The molecule has 1 aliphatic carbocycles. The molecule has 0 radical (unpaired) electrons. The van der Waals surface area contributed by atoms with Crippen molar-refractivity contribution < 1.29 is 14.7 Å². The highest BCUT2D eigenvalue weighted by molar-refractivity contribution is 5.81. The van der Waals surface area contributed by atoms with Crippen LogP contribution in [0.1, 0.15) is 57.6 Å². The Balaban J connectivity index is 1.73. The molecule has 0 spiro atoms. The Morgan fingerprint density at radius 2 is 2.00 bits per heavy atom. The molecule has 3 rings (SSSR count). The Kier molecular flexibility index (Phi) is 4.97. The lowest BCUT2D eigenvalue weighted by atomic mass is 9.86. The maximum atomic E-state index is 12.7. The molecule has 1 unspecified atom stereocenters. The van der Waals surface area contributed by atoms with Gasteiger partial charge in [-0.15, -0.1) is 0 Å². The number of piperidine rings is 1. The summed E-state index contributed by atoms with van der Waals surface area (Å²) in [4.78, 5) is 26.6. The highest BCUT2D eigenvalue weighted by atomic mass is 16.4. The fourth-order valence-electron chi connectivity index (χ4n) is 3.80. The van der Waals surface area contributed by atoms with E-state index in [1.165, 1.54) is 0 Å². The Morgan fingerprint density at radius 1 is 1.28 bits per heavy atom. The average Bonchev–Trinajstić information content (AvgIpc) is 3.12. The zero-order valence-corrected chi connectivity index (χ0v) is 15.0. The van der Waals surface area contributed by atoms with Crippen molar-refractivity contribution >= 4 is 11.9 Å². The SMILES string of the molecule is CC(C)c1ccn(C2(C(=O)O)CCN(C(=O)C3CC=CCC3)CC2)n1. The molecule has 0 aromatic carbocycles. The summed E-state index contributed by atoms with van der Waals surface area (Å²) in [6, 6.07) is 1.89. The first-order valence-electron chi connectivity index (χ1n) is 9.17. The molecule has 1 fully saturated rings. The largest absolute Gasteiger partial charge is 0.479 e. The summed E-state index contributed by atoms with van der Waals surface area (Å²) in [6.45, 7) is 5.03. The highest BCUT2D eigenvalue weighted by Gasteiger charge is 2.45. The van der Waals surface area contributed by atoms with E-state index < -0.39 is 11.5 Å². The number of carboxylic acid groups (broad SMARTS) is 1. The molecule has 6 nitrogen and oxygen atoms in total. The van der Waals surface area contributed by atoms with E-state index in [1.807, 2.05) is 24.8 Å². The van der Waals surface area contributed by atoms with Gasteiger partial charge in [0.15, 0.2) is 5.54 Å². The summed E-state index contributed by atoms with van der Waals surface area (Å²) >= 11 is 0. The maximum absolute atomic E-state index is 12.7. The van der Waals surface area contributed by atoms with Gasteiger partial charge in [0.2, 0.25) is 5.91 Å². The summed E-state index contributed by atoms with van der Waals surface area (Å²) in [5.41, 5.74) is -0.149. The first-order valence-corrected chi connectivity index (χ1v) is 9.17. The predicted octanol–water partition coefficient (Wildman–Crippen LogP) is 2.77. The van der Waals surface area contributed by atoms with E-state index in [-0.39, 0.29) is 17.7 Å². The molecule has 1 N–H and O–H groups in total. The van der Waals surface area contributed by atoms with Gasteiger partial charge in [0, 0.05) is 38.0 Å². The summed E-state index contributed by atoms with van der Waals surface area (Å²) in [7, 11) is 0. The van der Waals surface area contributed by atoms with Crippen LogP contribution in [0.3, 0.4) is 0 Å². The van der Waals surface area contributed by atoms with Gasteiger partial charge in [-0.3, -0.25) is 9.48 Å². The first-order chi connectivity index (χ1) is 11.9. The molecular weight excluding hydrogens is 318 g/mol. The van der Waals surface area contributed by atoms with Crippen LogP contribution in [0.2, 0.25) is 0 Å². The third-order valence-corrected chi connectivity index (χ3v) is 5.56. The molecule has 1 saturated heterocycles. The van der Waals surface area contributed by atoms with Crippen LogP contribution in [0.15, 0.2) is 24.4 Å². The van der Waals surface area contributed by atoms with Gasteiger partial charge in [0.05, 0.1) is 5.69 Å². The minimum atomic E-state index is -1.05. The quantitative estimate of drug-likeness (QED) is 0.852. The molecule has 2 aliphatic rings. The molecular formula is C19H27N3O3. The zero-order valence-electron chi connectivity index (χ0n) is 15.0. The number of carbonyl (C=O) groups excluding carboxylic acids is 1. The van der Waals surface area contributed by atoms with E-state index >= 15 is 0 Å².